The summed E-state index contributed by atoms with van der Waals surface area (Å²) in [5.41, 5.74) is 0. The molecule has 25 heavy (non-hydrogen) atoms. The minimum Gasteiger partial charge on any atom is -0.357 e. The first-order valence-corrected chi connectivity index (χ1v) is 9.15. The number of piperidine rings is 1. The van der Waals surface area contributed by atoms with Crippen LogP contribution in [0.5, 0.6) is 0 Å². The Kier molecular flexibility index (Phi) is 10.3. The predicted molar refractivity (Wildman–Crippen MR) is 113 cm³/mol. The van der Waals surface area contributed by atoms with Crippen LogP contribution in [0.4, 0.5) is 0 Å². The zero-order chi connectivity index (χ0) is 17.4. The highest BCUT2D eigenvalue weighted by molar-refractivity contribution is 14.0. The molecule has 0 radical (unpaired) electrons. The molecule has 144 valence electrons. The Bertz CT molecular complexity index is 515. The van der Waals surface area contributed by atoms with E-state index >= 15 is 0 Å². The second-order valence-corrected chi connectivity index (χ2v) is 7.04. The third-order valence-corrected chi connectivity index (χ3v) is 4.31. The maximum atomic E-state index is 4.63. The van der Waals surface area contributed by atoms with Crippen molar-refractivity contribution in [1.82, 2.24) is 30.3 Å². The van der Waals surface area contributed by atoms with Gasteiger partial charge in [0.15, 0.2) is 5.96 Å². The smallest absolute Gasteiger partial charge is 0.191 e. The van der Waals surface area contributed by atoms with Crippen molar-refractivity contribution in [3.05, 3.63) is 12.2 Å². The lowest BCUT2D eigenvalue weighted by molar-refractivity contribution is 0.159. The van der Waals surface area contributed by atoms with Gasteiger partial charge in [-0.2, -0.15) is 5.10 Å². The lowest BCUT2D eigenvalue weighted by Crippen LogP contribution is -2.45. The van der Waals surface area contributed by atoms with Crippen molar-refractivity contribution in [2.24, 2.45) is 23.9 Å². The van der Waals surface area contributed by atoms with Gasteiger partial charge < -0.3 is 15.5 Å². The maximum absolute atomic E-state index is 4.63. The van der Waals surface area contributed by atoms with E-state index in [9.17, 15) is 0 Å². The van der Waals surface area contributed by atoms with E-state index in [0.717, 1.165) is 30.8 Å². The van der Waals surface area contributed by atoms with Crippen LogP contribution in [0.3, 0.4) is 0 Å². The normalized spacial score (nSPS) is 18.9. The Morgan fingerprint density at radius 2 is 2.20 bits per heavy atom. The highest BCUT2D eigenvalue weighted by Gasteiger charge is 2.20. The number of guanidine groups is 1. The monoisotopic (exact) mass is 463 g/mol. The second kappa shape index (κ2) is 11.7. The highest BCUT2D eigenvalue weighted by atomic mass is 127. The molecule has 1 aliphatic heterocycles. The molecule has 1 aromatic heterocycles. The molecule has 1 saturated heterocycles. The molecule has 0 bridgehead atoms. The zero-order valence-corrected chi connectivity index (χ0v) is 18.4. The number of halogens is 1. The summed E-state index contributed by atoms with van der Waals surface area (Å²) in [6, 6.07) is 0. The third kappa shape index (κ3) is 7.89. The van der Waals surface area contributed by atoms with Crippen LogP contribution in [0.25, 0.3) is 0 Å². The molecule has 0 aromatic carbocycles. The molecule has 1 aromatic rings. The van der Waals surface area contributed by atoms with Gasteiger partial charge in [0.1, 0.15) is 18.7 Å². The summed E-state index contributed by atoms with van der Waals surface area (Å²) in [5.74, 6) is 3.16. The third-order valence-electron chi connectivity index (χ3n) is 4.31. The first-order valence-electron chi connectivity index (χ1n) is 9.15. The Morgan fingerprint density at radius 3 is 2.84 bits per heavy atom. The molecule has 7 nitrogen and oxygen atoms in total. The molecule has 8 heteroatoms. The van der Waals surface area contributed by atoms with Gasteiger partial charge in [-0.3, -0.25) is 4.68 Å². The number of likely N-dealkylation sites (tertiary alicyclic amines) is 1. The van der Waals surface area contributed by atoms with Crippen molar-refractivity contribution in [1.29, 1.82) is 0 Å². The molecule has 2 N–H and O–H groups in total. The molecule has 0 aliphatic carbocycles. The van der Waals surface area contributed by atoms with Gasteiger partial charge in [-0.15, -0.1) is 24.0 Å². The molecule has 0 spiro atoms. The number of nitrogens with one attached hydrogen (secondary N) is 2. The number of nitrogens with zero attached hydrogens (tertiary/aromatic N) is 5. The van der Waals surface area contributed by atoms with Gasteiger partial charge in [0, 0.05) is 33.2 Å². The summed E-state index contributed by atoms with van der Waals surface area (Å²) in [4.78, 5) is 11.4. The molecule has 1 fully saturated rings. The van der Waals surface area contributed by atoms with Crippen molar-refractivity contribution in [2.45, 2.75) is 40.2 Å². The number of hydrogen-bond donors (Lipinski definition) is 2. The van der Waals surface area contributed by atoms with E-state index in [1.165, 1.54) is 32.5 Å². The molecule has 1 atom stereocenters. The van der Waals surface area contributed by atoms with Crippen molar-refractivity contribution in [2.75, 3.05) is 32.7 Å². The lowest BCUT2D eigenvalue weighted by atomic mass is 9.97. The van der Waals surface area contributed by atoms with Crippen LogP contribution < -0.4 is 10.6 Å². The van der Waals surface area contributed by atoms with Crippen LogP contribution in [0.15, 0.2) is 11.3 Å². The number of aliphatic imine (C=N–C) groups is 1. The van der Waals surface area contributed by atoms with E-state index in [4.69, 9.17) is 0 Å². The Labute approximate surface area is 169 Å². The average Bonchev–Trinajstić information content (AvgIpc) is 2.95. The molecular weight excluding hydrogens is 429 g/mol. The summed E-state index contributed by atoms with van der Waals surface area (Å²) < 4.78 is 1.76. The van der Waals surface area contributed by atoms with E-state index in [1.807, 2.05) is 7.05 Å². The standard InChI is InChI=1S/C17H33N7.HI/c1-5-18-17(20-10-16-21-13-22-23(16)4)19-9-15-7-6-8-24(12-15)11-14(2)3;/h13-15H,5-12H2,1-4H3,(H2,18,19,20);1H. The largest absolute Gasteiger partial charge is 0.357 e. The first-order chi connectivity index (χ1) is 11.6. The molecular formula is C17H34IN7. The van der Waals surface area contributed by atoms with Crippen LogP contribution in [0.2, 0.25) is 0 Å². The van der Waals surface area contributed by atoms with Gasteiger partial charge in [-0.25, -0.2) is 9.98 Å². The van der Waals surface area contributed by atoms with Crippen LogP contribution in [0, 0.1) is 11.8 Å². The Balaban J connectivity index is 0.00000312. The summed E-state index contributed by atoms with van der Waals surface area (Å²) >= 11 is 0. The van der Waals surface area contributed by atoms with Crippen molar-refractivity contribution in [3.8, 4) is 0 Å². The van der Waals surface area contributed by atoms with Gasteiger partial charge in [0.05, 0.1) is 0 Å². The van der Waals surface area contributed by atoms with Crippen LogP contribution >= 0.6 is 24.0 Å². The van der Waals surface area contributed by atoms with Gasteiger partial charge in [-0.05, 0) is 38.1 Å². The Morgan fingerprint density at radius 1 is 1.40 bits per heavy atom. The van der Waals surface area contributed by atoms with Crippen molar-refractivity contribution < 1.29 is 0 Å². The minimum atomic E-state index is 0. The molecule has 0 saturated carbocycles. The molecule has 1 unspecified atom stereocenters. The number of rotatable bonds is 7. The fraction of sp³-hybridized carbons (Fsp3) is 0.824. The topological polar surface area (TPSA) is 70.4 Å². The fourth-order valence-electron chi connectivity index (χ4n) is 3.20. The molecule has 1 aliphatic rings. The lowest BCUT2D eigenvalue weighted by Gasteiger charge is -2.34. The second-order valence-electron chi connectivity index (χ2n) is 7.04. The Hall–Kier alpha value is -0.900. The van der Waals surface area contributed by atoms with Crippen molar-refractivity contribution >= 4 is 29.9 Å². The highest BCUT2D eigenvalue weighted by Crippen LogP contribution is 2.16. The van der Waals surface area contributed by atoms with Gasteiger partial charge >= 0.3 is 0 Å². The van der Waals surface area contributed by atoms with Gasteiger partial charge in [0.2, 0.25) is 0 Å². The van der Waals surface area contributed by atoms with Crippen molar-refractivity contribution in [3.63, 3.8) is 0 Å². The predicted octanol–water partition coefficient (Wildman–Crippen LogP) is 1.86. The molecule has 2 heterocycles. The van der Waals surface area contributed by atoms with Crippen LogP contribution in [-0.4, -0.2) is 58.3 Å². The first kappa shape index (κ1) is 22.1. The zero-order valence-electron chi connectivity index (χ0n) is 16.0. The molecule has 0 amide bonds. The number of hydrogen-bond acceptors (Lipinski definition) is 4. The van der Waals surface area contributed by atoms with Crippen LogP contribution in [-0.2, 0) is 13.6 Å². The van der Waals surface area contributed by atoms with Gasteiger partial charge in [0.25, 0.3) is 0 Å². The maximum Gasteiger partial charge on any atom is 0.191 e. The summed E-state index contributed by atoms with van der Waals surface area (Å²) in [6.07, 6.45) is 4.16. The molecule has 2 rings (SSSR count). The van der Waals surface area contributed by atoms with E-state index < -0.39 is 0 Å². The SMILES string of the molecule is CCNC(=NCc1ncnn1C)NCC1CCCN(CC(C)C)C1.I. The summed E-state index contributed by atoms with van der Waals surface area (Å²) in [6.45, 7) is 12.7. The fourth-order valence-corrected chi connectivity index (χ4v) is 3.20. The van der Waals surface area contributed by atoms with E-state index in [0.29, 0.717) is 12.5 Å². The van der Waals surface area contributed by atoms with E-state index in [2.05, 4.69) is 51.4 Å². The summed E-state index contributed by atoms with van der Waals surface area (Å²) in [5, 5.41) is 10.9. The number of aryl methyl sites for hydroxylation is 1. The average molecular weight is 463 g/mol. The van der Waals surface area contributed by atoms with Gasteiger partial charge in [-0.1, -0.05) is 13.8 Å². The van der Waals surface area contributed by atoms with E-state index in [1.54, 1.807) is 11.0 Å². The summed E-state index contributed by atoms with van der Waals surface area (Å²) in [7, 11) is 1.89. The number of aromatic nitrogens is 3. The van der Waals surface area contributed by atoms with Crippen LogP contribution in [0.1, 0.15) is 39.4 Å². The minimum absolute atomic E-state index is 0. The quantitative estimate of drug-likeness (QED) is 0.367. The van der Waals surface area contributed by atoms with E-state index in [-0.39, 0.29) is 24.0 Å².